The van der Waals surface area contributed by atoms with Crippen LogP contribution in [0.25, 0.3) is 22.2 Å². The molecule has 0 bridgehead atoms. The smallest absolute Gasteiger partial charge is 0.301 e. The van der Waals surface area contributed by atoms with Crippen molar-refractivity contribution in [3.63, 3.8) is 0 Å². The van der Waals surface area contributed by atoms with Crippen molar-refractivity contribution in [1.82, 2.24) is 9.29 Å². The van der Waals surface area contributed by atoms with E-state index < -0.39 is 15.8 Å². The summed E-state index contributed by atoms with van der Waals surface area (Å²) in [5, 5.41) is 3.48. The Hall–Kier alpha value is -2.90. The molecular formula is C20H17FN2O3S. The van der Waals surface area contributed by atoms with Gasteiger partial charge < -0.3 is 9.73 Å². The maximum absolute atomic E-state index is 14.4. The van der Waals surface area contributed by atoms with E-state index in [2.05, 4.69) is 5.32 Å². The molecule has 4 rings (SSSR count). The monoisotopic (exact) mass is 384 g/mol. The van der Waals surface area contributed by atoms with Gasteiger partial charge in [0.1, 0.15) is 11.4 Å². The SMILES string of the molecule is CNCc1cc(-c2ccccc2F)n(S(=O)(=O)c2cc3ccccc3o2)c1. The second-order valence-corrected chi connectivity index (χ2v) is 7.89. The van der Waals surface area contributed by atoms with Crippen LogP contribution in [0.3, 0.4) is 0 Å². The number of benzene rings is 2. The largest absolute Gasteiger partial charge is 0.443 e. The Morgan fingerprint density at radius 2 is 1.81 bits per heavy atom. The van der Waals surface area contributed by atoms with Crippen LogP contribution in [0.15, 0.2) is 76.4 Å². The third-order valence-electron chi connectivity index (χ3n) is 4.29. The van der Waals surface area contributed by atoms with Gasteiger partial charge in [0.15, 0.2) is 0 Å². The van der Waals surface area contributed by atoms with Gasteiger partial charge in [0.2, 0.25) is 5.09 Å². The van der Waals surface area contributed by atoms with Crippen LogP contribution in [0.4, 0.5) is 4.39 Å². The minimum Gasteiger partial charge on any atom is -0.443 e. The molecule has 1 N–H and O–H groups in total. The lowest BCUT2D eigenvalue weighted by molar-refractivity contribution is 0.478. The Balaban J connectivity index is 1.92. The summed E-state index contributed by atoms with van der Waals surface area (Å²) < 4.78 is 47.5. The van der Waals surface area contributed by atoms with Crippen molar-refractivity contribution in [2.75, 3.05) is 7.05 Å². The molecular weight excluding hydrogens is 367 g/mol. The van der Waals surface area contributed by atoms with Gasteiger partial charge in [-0.15, -0.1) is 0 Å². The maximum Gasteiger partial charge on any atom is 0.301 e. The second kappa shape index (κ2) is 6.68. The number of rotatable bonds is 5. The van der Waals surface area contributed by atoms with Gasteiger partial charge in [-0.05, 0) is 36.9 Å². The molecule has 0 spiro atoms. The standard InChI is InChI=1S/C20H17FN2O3S/c1-22-12-14-10-18(16-7-3-4-8-17(16)21)23(13-14)27(24,25)20-11-15-6-2-5-9-19(15)26-20/h2-11,13,22H,12H2,1H3. The average Bonchev–Trinajstić information content (AvgIpc) is 3.27. The van der Waals surface area contributed by atoms with Crippen molar-refractivity contribution in [3.05, 3.63) is 78.2 Å². The van der Waals surface area contributed by atoms with Crippen LogP contribution in [0.5, 0.6) is 0 Å². The number of para-hydroxylation sites is 1. The van der Waals surface area contributed by atoms with E-state index in [1.807, 2.05) is 0 Å². The van der Waals surface area contributed by atoms with E-state index in [1.54, 1.807) is 55.6 Å². The summed E-state index contributed by atoms with van der Waals surface area (Å²) in [7, 11) is -2.28. The van der Waals surface area contributed by atoms with Crippen LogP contribution < -0.4 is 5.32 Å². The molecule has 0 unspecified atom stereocenters. The highest BCUT2D eigenvalue weighted by molar-refractivity contribution is 7.89. The number of furan rings is 1. The zero-order valence-electron chi connectivity index (χ0n) is 14.5. The average molecular weight is 384 g/mol. The van der Waals surface area contributed by atoms with Crippen LogP contribution in [0, 0.1) is 5.82 Å². The van der Waals surface area contributed by atoms with Crippen molar-refractivity contribution in [1.29, 1.82) is 0 Å². The minimum atomic E-state index is -4.04. The normalized spacial score (nSPS) is 11.9. The van der Waals surface area contributed by atoms with Gasteiger partial charge in [0, 0.05) is 29.8 Å². The van der Waals surface area contributed by atoms with E-state index >= 15 is 0 Å². The van der Waals surface area contributed by atoms with Crippen molar-refractivity contribution in [3.8, 4) is 11.3 Å². The van der Waals surface area contributed by atoms with Gasteiger partial charge >= 0.3 is 10.0 Å². The van der Waals surface area contributed by atoms with Crippen LogP contribution in [-0.4, -0.2) is 19.4 Å². The first-order valence-corrected chi connectivity index (χ1v) is 9.79. The number of hydrogen-bond donors (Lipinski definition) is 1. The molecule has 138 valence electrons. The van der Waals surface area contributed by atoms with Crippen LogP contribution >= 0.6 is 0 Å². The summed E-state index contributed by atoms with van der Waals surface area (Å²) in [5.41, 5.74) is 1.65. The van der Waals surface area contributed by atoms with Crippen molar-refractivity contribution < 1.29 is 17.2 Å². The summed E-state index contributed by atoms with van der Waals surface area (Å²) in [6.45, 7) is 0.449. The lowest BCUT2D eigenvalue weighted by atomic mass is 10.1. The van der Waals surface area contributed by atoms with Crippen molar-refractivity contribution >= 4 is 21.0 Å². The summed E-state index contributed by atoms with van der Waals surface area (Å²) in [4.78, 5) is 0. The van der Waals surface area contributed by atoms with E-state index in [9.17, 15) is 12.8 Å². The predicted octanol–water partition coefficient (Wildman–Crippen LogP) is 4.00. The molecule has 2 aromatic heterocycles. The van der Waals surface area contributed by atoms with Gasteiger partial charge in [-0.2, -0.15) is 8.42 Å². The fourth-order valence-corrected chi connectivity index (χ4v) is 4.39. The number of aromatic nitrogens is 1. The Bertz CT molecular complexity index is 1190. The highest BCUT2D eigenvalue weighted by Crippen LogP contribution is 2.31. The van der Waals surface area contributed by atoms with Gasteiger partial charge in [0.05, 0.1) is 5.69 Å². The fraction of sp³-hybridized carbons (Fsp3) is 0.100. The van der Waals surface area contributed by atoms with Gasteiger partial charge in [-0.25, -0.2) is 8.36 Å². The topological polar surface area (TPSA) is 64.2 Å². The van der Waals surface area contributed by atoms with Gasteiger partial charge in [-0.3, -0.25) is 0 Å². The zero-order chi connectivity index (χ0) is 19.0. The molecule has 0 amide bonds. The highest BCUT2D eigenvalue weighted by atomic mass is 32.2. The van der Waals surface area contributed by atoms with Crippen LogP contribution in [-0.2, 0) is 16.6 Å². The van der Waals surface area contributed by atoms with Crippen molar-refractivity contribution in [2.45, 2.75) is 11.6 Å². The summed E-state index contributed by atoms with van der Waals surface area (Å²) in [5.74, 6) is -0.493. The van der Waals surface area contributed by atoms with E-state index in [1.165, 1.54) is 18.3 Å². The Labute approximate surface area is 156 Å². The molecule has 0 fully saturated rings. The quantitative estimate of drug-likeness (QED) is 0.565. The fourth-order valence-electron chi connectivity index (χ4n) is 3.04. The number of nitrogens with zero attached hydrogens (tertiary/aromatic N) is 1. The second-order valence-electron chi connectivity index (χ2n) is 6.15. The van der Waals surface area contributed by atoms with E-state index in [0.29, 0.717) is 17.5 Å². The summed E-state index contributed by atoms with van der Waals surface area (Å²) in [6.07, 6.45) is 1.49. The molecule has 2 aromatic carbocycles. The number of nitrogens with one attached hydrogen (secondary N) is 1. The third kappa shape index (κ3) is 3.05. The molecule has 5 nitrogen and oxygen atoms in total. The Morgan fingerprint density at radius 1 is 1.07 bits per heavy atom. The molecule has 0 saturated heterocycles. The first-order chi connectivity index (χ1) is 13.0. The molecule has 0 radical (unpaired) electrons. The van der Waals surface area contributed by atoms with E-state index in [4.69, 9.17) is 4.42 Å². The molecule has 0 saturated carbocycles. The number of hydrogen-bond acceptors (Lipinski definition) is 4. The molecule has 0 aliphatic heterocycles. The maximum atomic E-state index is 14.4. The Kier molecular flexibility index (Phi) is 4.33. The van der Waals surface area contributed by atoms with Crippen molar-refractivity contribution in [2.24, 2.45) is 0 Å². The zero-order valence-corrected chi connectivity index (χ0v) is 15.3. The summed E-state index contributed by atoms with van der Waals surface area (Å²) in [6, 6.07) is 16.3. The molecule has 7 heteroatoms. The first kappa shape index (κ1) is 17.5. The van der Waals surface area contributed by atoms with Gasteiger partial charge in [-0.1, -0.05) is 30.3 Å². The van der Waals surface area contributed by atoms with Crippen LogP contribution in [0.2, 0.25) is 0 Å². The molecule has 27 heavy (non-hydrogen) atoms. The molecule has 0 atom stereocenters. The summed E-state index contributed by atoms with van der Waals surface area (Å²) >= 11 is 0. The molecule has 0 aliphatic rings. The molecule has 4 aromatic rings. The number of fused-ring (bicyclic) bond motifs is 1. The van der Waals surface area contributed by atoms with Gasteiger partial charge in [0.25, 0.3) is 0 Å². The van der Waals surface area contributed by atoms with Crippen LogP contribution in [0.1, 0.15) is 5.56 Å². The lowest BCUT2D eigenvalue weighted by Gasteiger charge is -2.09. The lowest BCUT2D eigenvalue weighted by Crippen LogP contribution is -2.13. The molecule has 0 aliphatic carbocycles. The van der Waals surface area contributed by atoms with E-state index in [-0.39, 0.29) is 16.3 Å². The first-order valence-electron chi connectivity index (χ1n) is 8.35. The highest BCUT2D eigenvalue weighted by Gasteiger charge is 2.26. The van der Waals surface area contributed by atoms with E-state index in [0.717, 1.165) is 9.54 Å². The molecule has 2 heterocycles. The number of halogens is 1. The Morgan fingerprint density at radius 3 is 2.56 bits per heavy atom. The predicted molar refractivity (Wildman–Crippen MR) is 101 cm³/mol. The third-order valence-corrected chi connectivity index (χ3v) is 5.82. The minimum absolute atomic E-state index is 0.187.